The molecule has 3 aromatic rings. The molecule has 0 atom stereocenters. The SMILES string of the molecule is Cc1ncccc1-c1cc(C(F)F)nn1-c1cc(F)c(S(C)(=O)=O)c(F)c1. The zero-order valence-electron chi connectivity index (χ0n) is 14.1. The van der Waals surface area contributed by atoms with Gasteiger partial charge in [0.25, 0.3) is 6.43 Å². The maximum atomic E-state index is 14.3. The van der Waals surface area contributed by atoms with Crippen LogP contribution in [-0.2, 0) is 9.84 Å². The summed E-state index contributed by atoms with van der Waals surface area (Å²) in [5.74, 6) is -2.68. The van der Waals surface area contributed by atoms with E-state index in [0.29, 0.717) is 17.5 Å². The lowest BCUT2D eigenvalue weighted by atomic mass is 10.1. The van der Waals surface area contributed by atoms with Crippen molar-refractivity contribution in [2.75, 3.05) is 6.26 Å². The van der Waals surface area contributed by atoms with Gasteiger partial charge in [0.1, 0.15) is 22.2 Å². The summed E-state index contributed by atoms with van der Waals surface area (Å²) in [6.07, 6.45) is -0.734. The number of halogens is 4. The largest absolute Gasteiger partial charge is 0.282 e. The molecular weight excluding hydrogens is 386 g/mol. The van der Waals surface area contributed by atoms with Gasteiger partial charge in [-0.2, -0.15) is 5.10 Å². The van der Waals surface area contributed by atoms with Gasteiger partial charge in [-0.15, -0.1) is 0 Å². The van der Waals surface area contributed by atoms with E-state index in [9.17, 15) is 26.0 Å². The van der Waals surface area contributed by atoms with Gasteiger partial charge in [0.05, 0.1) is 11.4 Å². The summed E-state index contributed by atoms with van der Waals surface area (Å²) in [5.41, 5.74) is 0.240. The number of sulfone groups is 1. The number of pyridine rings is 1. The molecule has 1 aromatic carbocycles. The van der Waals surface area contributed by atoms with Crippen LogP contribution in [0, 0.1) is 18.6 Å². The lowest BCUT2D eigenvalue weighted by Gasteiger charge is -2.11. The molecule has 0 bridgehead atoms. The molecule has 0 aliphatic rings. The van der Waals surface area contributed by atoms with E-state index in [1.54, 1.807) is 19.1 Å². The van der Waals surface area contributed by atoms with Crippen LogP contribution in [0.4, 0.5) is 17.6 Å². The van der Waals surface area contributed by atoms with Gasteiger partial charge in [0, 0.05) is 35.8 Å². The second-order valence-electron chi connectivity index (χ2n) is 5.81. The monoisotopic (exact) mass is 399 g/mol. The fraction of sp³-hybridized carbons (Fsp3) is 0.176. The predicted octanol–water partition coefficient (Wildman–Crippen LogP) is 3.86. The van der Waals surface area contributed by atoms with Crippen LogP contribution >= 0.6 is 0 Å². The van der Waals surface area contributed by atoms with Gasteiger partial charge in [-0.3, -0.25) is 4.98 Å². The van der Waals surface area contributed by atoms with E-state index in [1.807, 2.05) is 0 Å². The average Bonchev–Trinajstić information content (AvgIpc) is 2.98. The van der Waals surface area contributed by atoms with Crippen LogP contribution < -0.4 is 0 Å². The molecule has 27 heavy (non-hydrogen) atoms. The molecule has 2 heterocycles. The molecule has 0 amide bonds. The summed E-state index contributed by atoms with van der Waals surface area (Å²) >= 11 is 0. The third kappa shape index (κ3) is 3.57. The third-order valence-electron chi connectivity index (χ3n) is 3.83. The van der Waals surface area contributed by atoms with Crippen LogP contribution in [0.2, 0.25) is 0 Å². The molecule has 0 N–H and O–H groups in total. The van der Waals surface area contributed by atoms with Crippen molar-refractivity contribution in [1.29, 1.82) is 0 Å². The van der Waals surface area contributed by atoms with E-state index in [-0.39, 0.29) is 11.4 Å². The first-order valence-corrected chi connectivity index (χ1v) is 9.48. The molecule has 0 saturated heterocycles. The summed E-state index contributed by atoms with van der Waals surface area (Å²) in [5, 5.41) is 3.73. The Morgan fingerprint density at radius 2 is 1.74 bits per heavy atom. The molecule has 0 aliphatic heterocycles. The maximum Gasteiger partial charge on any atom is 0.282 e. The molecule has 0 spiro atoms. The Morgan fingerprint density at radius 3 is 2.26 bits per heavy atom. The number of hydrogen-bond donors (Lipinski definition) is 0. The Labute approximate surface area is 152 Å². The number of rotatable bonds is 4. The minimum Gasteiger partial charge on any atom is -0.261 e. The van der Waals surface area contributed by atoms with Crippen molar-refractivity contribution in [3.8, 4) is 16.9 Å². The minimum atomic E-state index is -4.15. The second kappa shape index (κ2) is 6.76. The molecule has 5 nitrogen and oxygen atoms in total. The molecule has 0 saturated carbocycles. The van der Waals surface area contributed by atoms with E-state index in [2.05, 4.69) is 10.1 Å². The quantitative estimate of drug-likeness (QED) is 0.625. The highest BCUT2D eigenvalue weighted by Crippen LogP contribution is 2.31. The van der Waals surface area contributed by atoms with E-state index >= 15 is 0 Å². The number of hydrogen-bond acceptors (Lipinski definition) is 4. The number of aromatic nitrogens is 3. The lowest BCUT2D eigenvalue weighted by molar-refractivity contribution is 0.145. The number of benzene rings is 1. The van der Waals surface area contributed by atoms with Crippen molar-refractivity contribution in [1.82, 2.24) is 14.8 Å². The highest BCUT2D eigenvalue weighted by atomic mass is 32.2. The van der Waals surface area contributed by atoms with Crippen molar-refractivity contribution in [3.05, 3.63) is 59.6 Å². The van der Waals surface area contributed by atoms with Crippen molar-refractivity contribution < 1.29 is 26.0 Å². The Kier molecular flexibility index (Phi) is 4.77. The topological polar surface area (TPSA) is 64.8 Å². The highest BCUT2D eigenvalue weighted by Gasteiger charge is 2.24. The van der Waals surface area contributed by atoms with Gasteiger partial charge in [-0.25, -0.2) is 30.7 Å². The van der Waals surface area contributed by atoms with Gasteiger partial charge in [-0.1, -0.05) is 0 Å². The minimum absolute atomic E-state index is 0.141. The first-order valence-electron chi connectivity index (χ1n) is 7.59. The fourth-order valence-electron chi connectivity index (χ4n) is 2.67. The number of nitrogens with zero attached hydrogens (tertiary/aromatic N) is 3. The van der Waals surface area contributed by atoms with Crippen LogP contribution in [0.15, 0.2) is 41.4 Å². The molecule has 0 fully saturated rings. The van der Waals surface area contributed by atoms with Gasteiger partial charge < -0.3 is 0 Å². The van der Waals surface area contributed by atoms with Crippen molar-refractivity contribution in [2.24, 2.45) is 0 Å². The summed E-state index contributed by atoms with van der Waals surface area (Å²) in [4.78, 5) is 2.98. The Morgan fingerprint density at radius 1 is 1.11 bits per heavy atom. The lowest BCUT2D eigenvalue weighted by Crippen LogP contribution is -2.08. The summed E-state index contributed by atoms with van der Waals surface area (Å²) < 4.78 is 78.8. The van der Waals surface area contributed by atoms with Crippen molar-refractivity contribution in [3.63, 3.8) is 0 Å². The van der Waals surface area contributed by atoms with Crippen LogP contribution in [0.5, 0.6) is 0 Å². The molecule has 0 aliphatic carbocycles. The molecule has 142 valence electrons. The molecule has 0 unspecified atom stereocenters. The van der Waals surface area contributed by atoms with Gasteiger partial charge in [0.2, 0.25) is 0 Å². The molecule has 2 aromatic heterocycles. The van der Waals surface area contributed by atoms with E-state index in [1.165, 1.54) is 6.20 Å². The molecule has 10 heteroatoms. The van der Waals surface area contributed by atoms with Crippen LogP contribution in [0.25, 0.3) is 16.9 Å². The smallest absolute Gasteiger partial charge is 0.261 e. The number of aryl methyl sites for hydroxylation is 1. The second-order valence-corrected chi connectivity index (χ2v) is 7.77. The number of alkyl halides is 2. The van der Waals surface area contributed by atoms with Crippen molar-refractivity contribution in [2.45, 2.75) is 18.2 Å². The van der Waals surface area contributed by atoms with Gasteiger partial charge in [0.15, 0.2) is 9.84 Å². The van der Waals surface area contributed by atoms with Crippen LogP contribution in [0.1, 0.15) is 17.8 Å². The summed E-state index contributed by atoms with van der Waals surface area (Å²) in [7, 11) is -4.15. The van der Waals surface area contributed by atoms with E-state index in [4.69, 9.17) is 0 Å². The predicted molar refractivity (Wildman–Crippen MR) is 89.5 cm³/mol. The van der Waals surface area contributed by atoms with Crippen LogP contribution in [-0.4, -0.2) is 29.4 Å². The van der Waals surface area contributed by atoms with Gasteiger partial charge >= 0.3 is 0 Å². The van der Waals surface area contributed by atoms with E-state index < -0.39 is 38.5 Å². The third-order valence-corrected chi connectivity index (χ3v) is 4.96. The van der Waals surface area contributed by atoms with E-state index in [0.717, 1.165) is 22.9 Å². The van der Waals surface area contributed by atoms with Gasteiger partial charge in [-0.05, 0) is 25.1 Å². The first-order chi connectivity index (χ1) is 12.6. The highest BCUT2D eigenvalue weighted by molar-refractivity contribution is 7.90. The Balaban J connectivity index is 2.28. The van der Waals surface area contributed by atoms with Crippen molar-refractivity contribution >= 4 is 9.84 Å². The van der Waals surface area contributed by atoms with Crippen LogP contribution in [0.3, 0.4) is 0 Å². The molecular formula is C17H13F4N3O2S. The summed E-state index contributed by atoms with van der Waals surface area (Å²) in [6, 6.07) is 5.74. The molecule has 0 radical (unpaired) electrons. The normalized spacial score (nSPS) is 12.0. The standard InChI is InChI=1S/C17H13F4N3O2S/c1-9-11(4-3-5-22-9)15-8-14(17(20)21)23-24(15)10-6-12(18)16(13(19)7-10)27(2,25)26/h3-8,17H,1-2H3. The fourth-order valence-corrected chi connectivity index (χ4v) is 3.50. The molecule has 3 rings (SSSR count). The maximum absolute atomic E-state index is 14.3. The zero-order chi connectivity index (χ0) is 19.9. The Hall–Kier alpha value is -2.75. The Bertz CT molecular complexity index is 1100. The summed E-state index contributed by atoms with van der Waals surface area (Å²) in [6.45, 7) is 1.64. The first kappa shape index (κ1) is 19.0. The zero-order valence-corrected chi connectivity index (χ0v) is 14.9. The average molecular weight is 399 g/mol.